The van der Waals surface area contributed by atoms with E-state index in [4.69, 9.17) is 9.47 Å². The highest BCUT2D eigenvalue weighted by Gasteiger charge is 2.45. The number of ether oxygens (including phenoxy) is 2. The SMILES string of the molecule is COc1ccc(CCNC(=O)C2CC(=O)OC2(C)C)cc1. The fourth-order valence-electron chi connectivity index (χ4n) is 2.47. The van der Waals surface area contributed by atoms with E-state index in [1.807, 2.05) is 24.3 Å². The number of amides is 1. The van der Waals surface area contributed by atoms with Gasteiger partial charge < -0.3 is 14.8 Å². The van der Waals surface area contributed by atoms with E-state index in [1.54, 1.807) is 21.0 Å². The van der Waals surface area contributed by atoms with E-state index in [2.05, 4.69) is 5.32 Å². The van der Waals surface area contributed by atoms with Crippen LogP contribution in [0.5, 0.6) is 5.75 Å². The van der Waals surface area contributed by atoms with Crippen molar-refractivity contribution in [2.75, 3.05) is 13.7 Å². The van der Waals surface area contributed by atoms with Crippen molar-refractivity contribution in [2.45, 2.75) is 32.3 Å². The molecule has 5 nitrogen and oxygen atoms in total. The first-order chi connectivity index (χ1) is 9.92. The summed E-state index contributed by atoms with van der Waals surface area (Å²) in [6.07, 6.45) is 0.888. The molecule has 1 aliphatic rings. The maximum absolute atomic E-state index is 12.1. The molecule has 0 bridgehead atoms. The van der Waals surface area contributed by atoms with Gasteiger partial charge in [-0.05, 0) is 38.0 Å². The van der Waals surface area contributed by atoms with Gasteiger partial charge in [0.2, 0.25) is 5.91 Å². The Morgan fingerprint density at radius 1 is 1.38 bits per heavy atom. The molecule has 1 N–H and O–H groups in total. The summed E-state index contributed by atoms with van der Waals surface area (Å²) in [7, 11) is 1.63. The molecule has 5 heteroatoms. The first-order valence-electron chi connectivity index (χ1n) is 7.05. The number of methoxy groups -OCH3 is 1. The monoisotopic (exact) mass is 291 g/mol. The third-order valence-electron chi connectivity index (χ3n) is 3.78. The van der Waals surface area contributed by atoms with Crippen molar-refractivity contribution in [3.05, 3.63) is 29.8 Å². The van der Waals surface area contributed by atoms with Crippen molar-refractivity contribution >= 4 is 11.9 Å². The Labute approximate surface area is 124 Å². The van der Waals surface area contributed by atoms with Gasteiger partial charge in [0.15, 0.2) is 0 Å². The Morgan fingerprint density at radius 2 is 2.05 bits per heavy atom. The second-order valence-electron chi connectivity index (χ2n) is 5.72. The summed E-state index contributed by atoms with van der Waals surface area (Å²) in [4.78, 5) is 23.4. The topological polar surface area (TPSA) is 64.6 Å². The molecule has 1 aromatic carbocycles. The van der Waals surface area contributed by atoms with Crippen LogP contribution in [0.25, 0.3) is 0 Å². The van der Waals surface area contributed by atoms with Gasteiger partial charge in [0.1, 0.15) is 11.4 Å². The Bertz CT molecular complexity index is 522. The third kappa shape index (κ3) is 3.74. The van der Waals surface area contributed by atoms with Crippen molar-refractivity contribution in [1.82, 2.24) is 5.32 Å². The van der Waals surface area contributed by atoms with Crippen LogP contribution in [0.1, 0.15) is 25.8 Å². The van der Waals surface area contributed by atoms with E-state index in [0.29, 0.717) is 6.54 Å². The maximum atomic E-state index is 12.1. The molecular formula is C16H21NO4. The van der Waals surface area contributed by atoms with Crippen LogP contribution in [0.4, 0.5) is 0 Å². The van der Waals surface area contributed by atoms with Crippen molar-refractivity contribution in [1.29, 1.82) is 0 Å². The van der Waals surface area contributed by atoms with Gasteiger partial charge in [-0.3, -0.25) is 9.59 Å². The first kappa shape index (κ1) is 15.4. The molecule has 2 rings (SSSR count). The fraction of sp³-hybridized carbons (Fsp3) is 0.500. The van der Waals surface area contributed by atoms with Gasteiger partial charge in [-0.2, -0.15) is 0 Å². The summed E-state index contributed by atoms with van der Waals surface area (Å²) < 4.78 is 10.3. The Kier molecular flexibility index (Phi) is 4.50. The van der Waals surface area contributed by atoms with Crippen LogP contribution >= 0.6 is 0 Å². The molecule has 1 fully saturated rings. The highest BCUT2D eigenvalue weighted by Crippen LogP contribution is 2.32. The Hall–Kier alpha value is -2.04. The van der Waals surface area contributed by atoms with Crippen molar-refractivity contribution < 1.29 is 19.1 Å². The van der Waals surface area contributed by atoms with Gasteiger partial charge >= 0.3 is 5.97 Å². The molecule has 1 atom stereocenters. The van der Waals surface area contributed by atoms with E-state index in [0.717, 1.165) is 17.7 Å². The number of cyclic esters (lactones) is 1. The molecule has 1 unspecified atom stereocenters. The Balaban J connectivity index is 1.82. The van der Waals surface area contributed by atoms with Gasteiger partial charge in [-0.25, -0.2) is 0 Å². The average Bonchev–Trinajstić information content (AvgIpc) is 2.72. The van der Waals surface area contributed by atoms with Gasteiger partial charge in [-0.15, -0.1) is 0 Å². The maximum Gasteiger partial charge on any atom is 0.307 e. The lowest BCUT2D eigenvalue weighted by Gasteiger charge is -2.23. The van der Waals surface area contributed by atoms with Crippen LogP contribution in [0.15, 0.2) is 24.3 Å². The molecule has 1 heterocycles. The van der Waals surface area contributed by atoms with Crippen LogP contribution in [0.2, 0.25) is 0 Å². The molecule has 0 radical (unpaired) electrons. The number of esters is 1. The van der Waals surface area contributed by atoms with Gasteiger partial charge in [0.25, 0.3) is 0 Å². The molecule has 0 saturated carbocycles. The molecule has 0 aliphatic carbocycles. The van der Waals surface area contributed by atoms with Crippen molar-refractivity contribution in [3.8, 4) is 5.75 Å². The summed E-state index contributed by atoms with van der Waals surface area (Å²) in [5.41, 5.74) is 0.399. The highest BCUT2D eigenvalue weighted by molar-refractivity contribution is 5.87. The molecule has 21 heavy (non-hydrogen) atoms. The smallest absolute Gasteiger partial charge is 0.307 e. The third-order valence-corrected chi connectivity index (χ3v) is 3.78. The number of rotatable bonds is 5. The molecular weight excluding hydrogens is 270 g/mol. The number of carbonyl (C=O) groups is 2. The number of hydrogen-bond acceptors (Lipinski definition) is 4. The van der Waals surface area contributed by atoms with E-state index < -0.39 is 11.5 Å². The van der Waals surface area contributed by atoms with E-state index >= 15 is 0 Å². The minimum atomic E-state index is -0.721. The fourth-order valence-corrected chi connectivity index (χ4v) is 2.47. The number of carbonyl (C=O) groups excluding carboxylic acids is 2. The van der Waals surface area contributed by atoms with Gasteiger partial charge in [-0.1, -0.05) is 12.1 Å². The molecule has 114 valence electrons. The van der Waals surface area contributed by atoms with Crippen LogP contribution in [-0.4, -0.2) is 31.1 Å². The lowest BCUT2D eigenvalue weighted by Crippen LogP contribution is -2.41. The Morgan fingerprint density at radius 3 is 2.57 bits per heavy atom. The van der Waals surface area contributed by atoms with Crippen LogP contribution < -0.4 is 10.1 Å². The lowest BCUT2D eigenvalue weighted by molar-refractivity contribution is -0.147. The normalized spacial score (nSPS) is 20.0. The summed E-state index contributed by atoms with van der Waals surface area (Å²) in [6.45, 7) is 4.07. The van der Waals surface area contributed by atoms with E-state index in [-0.39, 0.29) is 18.3 Å². The molecule has 1 amide bonds. The second kappa shape index (κ2) is 6.16. The standard InChI is InChI=1S/C16H21NO4/c1-16(2)13(10-14(18)21-16)15(19)17-9-8-11-4-6-12(20-3)7-5-11/h4-7,13H,8-10H2,1-3H3,(H,17,19). The second-order valence-corrected chi connectivity index (χ2v) is 5.72. The summed E-state index contributed by atoms with van der Waals surface area (Å²) in [6, 6.07) is 7.72. The summed E-state index contributed by atoms with van der Waals surface area (Å²) in [5, 5.41) is 2.88. The van der Waals surface area contributed by atoms with Crippen LogP contribution in [0.3, 0.4) is 0 Å². The molecule has 0 spiro atoms. The van der Waals surface area contributed by atoms with Gasteiger partial charge in [0, 0.05) is 6.54 Å². The zero-order chi connectivity index (χ0) is 15.5. The highest BCUT2D eigenvalue weighted by atomic mass is 16.6. The lowest BCUT2D eigenvalue weighted by atomic mass is 9.90. The average molecular weight is 291 g/mol. The molecule has 1 aliphatic heterocycles. The predicted molar refractivity (Wildman–Crippen MR) is 78.0 cm³/mol. The number of hydrogen-bond donors (Lipinski definition) is 1. The molecule has 1 aromatic rings. The zero-order valence-corrected chi connectivity index (χ0v) is 12.6. The van der Waals surface area contributed by atoms with Crippen LogP contribution in [-0.2, 0) is 20.7 Å². The summed E-state index contributed by atoms with van der Waals surface area (Å²) in [5.74, 6) is -0.0401. The number of benzene rings is 1. The molecule has 1 saturated heterocycles. The van der Waals surface area contributed by atoms with E-state index in [9.17, 15) is 9.59 Å². The number of nitrogens with one attached hydrogen (secondary N) is 1. The molecule has 0 aromatic heterocycles. The van der Waals surface area contributed by atoms with Gasteiger partial charge in [0.05, 0.1) is 19.4 Å². The van der Waals surface area contributed by atoms with Crippen LogP contribution in [0, 0.1) is 5.92 Å². The predicted octanol–water partition coefficient (Wildman–Crippen LogP) is 1.70. The van der Waals surface area contributed by atoms with Crippen molar-refractivity contribution in [2.24, 2.45) is 5.92 Å². The first-order valence-corrected chi connectivity index (χ1v) is 7.05. The largest absolute Gasteiger partial charge is 0.497 e. The zero-order valence-electron chi connectivity index (χ0n) is 12.6. The van der Waals surface area contributed by atoms with E-state index in [1.165, 1.54) is 0 Å². The van der Waals surface area contributed by atoms with Crippen molar-refractivity contribution in [3.63, 3.8) is 0 Å². The minimum absolute atomic E-state index is 0.126. The summed E-state index contributed by atoms with van der Waals surface area (Å²) >= 11 is 0. The minimum Gasteiger partial charge on any atom is -0.497 e. The quantitative estimate of drug-likeness (QED) is 0.839.